The van der Waals surface area contributed by atoms with Crippen molar-refractivity contribution in [1.29, 1.82) is 0 Å². The summed E-state index contributed by atoms with van der Waals surface area (Å²) in [4.78, 5) is 31.7. The second kappa shape index (κ2) is 8.01. The molecule has 1 saturated heterocycles. The fourth-order valence-electron chi connectivity index (χ4n) is 3.93. The van der Waals surface area contributed by atoms with Gasteiger partial charge < -0.3 is 14.0 Å². The van der Waals surface area contributed by atoms with E-state index < -0.39 is 23.9 Å². The van der Waals surface area contributed by atoms with Crippen LogP contribution in [0.25, 0.3) is 11.4 Å². The molecule has 168 valence electrons. The number of hydrogen-bond acceptors (Lipinski definition) is 10. The summed E-state index contributed by atoms with van der Waals surface area (Å²) in [5, 5.41) is 13.5. The molecule has 0 radical (unpaired) electrons. The van der Waals surface area contributed by atoms with Gasteiger partial charge in [0.1, 0.15) is 6.54 Å². The van der Waals surface area contributed by atoms with Crippen molar-refractivity contribution in [1.82, 2.24) is 15.1 Å². The van der Waals surface area contributed by atoms with E-state index in [0.717, 1.165) is 16.0 Å². The zero-order valence-electron chi connectivity index (χ0n) is 18.1. The standard InChI is InChI=1S/C22H20N6O5/c1-12-5-4-6-13(9-12)20-23-17(33-25-20)11-27-19-18(24-26-27)21(29)28(22(19)30)14-7-8-15(31-2)16(10-14)32-3/h4-10,18-19H,11H2,1-3H3/t18-,19-/m1/s1. The Bertz CT molecular complexity index is 1270. The predicted octanol–water partition coefficient (Wildman–Crippen LogP) is 2.56. The minimum atomic E-state index is -0.940. The third-order valence-corrected chi connectivity index (χ3v) is 5.52. The average molecular weight is 448 g/mol. The SMILES string of the molecule is COc1ccc(N2C(=O)[C@@H]3N=NN(Cc4nc(-c5cccc(C)c5)no4)[C@H]3C2=O)cc1OC. The molecule has 2 aliphatic heterocycles. The average Bonchev–Trinajstić information content (AvgIpc) is 3.51. The fraction of sp³-hybridized carbons (Fsp3) is 0.273. The molecule has 11 heteroatoms. The number of amides is 2. The molecule has 11 nitrogen and oxygen atoms in total. The first-order chi connectivity index (χ1) is 16.0. The highest BCUT2D eigenvalue weighted by atomic mass is 16.5. The molecule has 2 aromatic carbocycles. The Morgan fingerprint density at radius 1 is 1.03 bits per heavy atom. The van der Waals surface area contributed by atoms with Crippen molar-refractivity contribution in [3.05, 3.63) is 53.9 Å². The lowest BCUT2D eigenvalue weighted by molar-refractivity contribution is -0.123. The lowest BCUT2D eigenvalue weighted by Crippen LogP contribution is -2.39. The summed E-state index contributed by atoms with van der Waals surface area (Å²) in [6.07, 6.45) is 0. The molecule has 0 unspecified atom stereocenters. The van der Waals surface area contributed by atoms with E-state index in [0.29, 0.717) is 23.0 Å². The van der Waals surface area contributed by atoms with Gasteiger partial charge in [-0.15, -0.1) is 0 Å². The maximum absolute atomic E-state index is 13.2. The normalized spacial score (nSPS) is 19.4. The summed E-state index contributed by atoms with van der Waals surface area (Å²) in [6.45, 7) is 2.02. The number of fused-ring (bicyclic) bond motifs is 1. The molecule has 2 amide bonds. The van der Waals surface area contributed by atoms with Crippen molar-refractivity contribution >= 4 is 17.5 Å². The molecule has 2 atom stereocenters. The summed E-state index contributed by atoms with van der Waals surface area (Å²) in [5.74, 6) is 0.677. The molecule has 0 bridgehead atoms. The Labute approximate surface area is 188 Å². The molecule has 0 spiro atoms. The Kier molecular flexibility index (Phi) is 5.00. The highest BCUT2D eigenvalue weighted by Gasteiger charge is 2.55. The van der Waals surface area contributed by atoms with Crippen LogP contribution in [0, 0.1) is 6.92 Å². The smallest absolute Gasteiger partial charge is 0.263 e. The number of hydrogen-bond donors (Lipinski definition) is 0. The van der Waals surface area contributed by atoms with E-state index in [1.54, 1.807) is 18.2 Å². The largest absolute Gasteiger partial charge is 0.493 e. The van der Waals surface area contributed by atoms with Crippen molar-refractivity contribution in [2.75, 3.05) is 19.1 Å². The molecule has 2 aliphatic rings. The van der Waals surface area contributed by atoms with Crippen LogP contribution in [0.4, 0.5) is 5.69 Å². The first-order valence-corrected chi connectivity index (χ1v) is 10.2. The summed E-state index contributed by atoms with van der Waals surface area (Å²) >= 11 is 0. The quantitative estimate of drug-likeness (QED) is 0.527. The van der Waals surface area contributed by atoms with Crippen LogP contribution in [0.5, 0.6) is 11.5 Å². The number of aryl methyl sites for hydroxylation is 1. The molecule has 5 rings (SSSR count). The minimum Gasteiger partial charge on any atom is -0.493 e. The zero-order valence-corrected chi connectivity index (χ0v) is 18.1. The van der Waals surface area contributed by atoms with E-state index in [9.17, 15) is 9.59 Å². The van der Waals surface area contributed by atoms with E-state index >= 15 is 0 Å². The van der Waals surface area contributed by atoms with Gasteiger partial charge in [0, 0.05) is 11.6 Å². The van der Waals surface area contributed by atoms with Crippen molar-refractivity contribution in [3.8, 4) is 22.9 Å². The Hall–Kier alpha value is -4.28. The Morgan fingerprint density at radius 2 is 1.85 bits per heavy atom. The van der Waals surface area contributed by atoms with Gasteiger partial charge in [0.15, 0.2) is 23.6 Å². The van der Waals surface area contributed by atoms with Gasteiger partial charge in [-0.05, 0) is 25.1 Å². The highest BCUT2D eigenvalue weighted by molar-refractivity contribution is 6.25. The Balaban J connectivity index is 1.37. The molecule has 0 aliphatic carbocycles. The second-order valence-corrected chi connectivity index (χ2v) is 7.62. The Morgan fingerprint density at radius 3 is 2.61 bits per heavy atom. The van der Waals surface area contributed by atoms with Crippen molar-refractivity contribution in [2.45, 2.75) is 25.6 Å². The summed E-state index contributed by atoms with van der Waals surface area (Å²) in [7, 11) is 2.99. The number of rotatable bonds is 6. The number of nitrogens with zero attached hydrogens (tertiary/aromatic N) is 6. The van der Waals surface area contributed by atoms with Gasteiger partial charge in [-0.2, -0.15) is 10.1 Å². The van der Waals surface area contributed by atoms with Gasteiger partial charge in [0.2, 0.25) is 11.7 Å². The maximum Gasteiger partial charge on any atom is 0.263 e. The van der Waals surface area contributed by atoms with Crippen molar-refractivity contribution in [2.24, 2.45) is 10.3 Å². The first kappa shape index (κ1) is 20.6. The van der Waals surface area contributed by atoms with E-state index in [1.165, 1.54) is 19.2 Å². The van der Waals surface area contributed by atoms with Gasteiger partial charge in [-0.1, -0.05) is 34.1 Å². The van der Waals surface area contributed by atoms with Gasteiger partial charge >= 0.3 is 0 Å². The molecular formula is C22H20N6O5. The zero-order chi connectivity index (χ0) is 23.1. The molecule has 1 fully saturated rings. The lowest BCUT2D eigenvalue weighted by atomic mass is 10.1. The number of carbonyl (C=O) groups excluding carboxylic acids is 2. The van der Waals surface area contributed by atoms with Crippen LogP contribution >= 0.6 is 0 Å². The van der Waals surface area contributed by atoms with Crippen molar-refractivity contribution < 1.29 is 23.6 Å². The first-order valence-electron chi connectivity index (χ1n) is 10.2. The number of imide groups is 1. The number of anilines is 1. The predicted molar refractivity (Wildman–Crippen MR) is 114 cm³/mol. The summed E-state index contributed by atoms with van der Waals surface area (Å²) < 4.78 is 15.9. The number of ether oxygens (including phenoxy) is 2. The van der Waals surface area contributed by atoms with E-state index in [-0.39, 0.29) is 12.4 Å². The number of aromatic nitrogens is 2. The molecule has 0 N–H and O–H groups in total. The van der Waals surface area contributed by atoms with Crippen LogP contribution in [-0.4, -0.2) is 53.3 Å². The highest BCUT2D eigenvalue weighted by Crippen LogP contribution is 2.37. The fourth-order valence-corrected chi connectivity index (χ4v) is 3.93. The lowest BCUT2D eigenvalue weighted by Gasteiger charge is -2.20. The minimum absolute atomic E-state index is 0.0439. The topological polar surface area (TPSA) is 123 Å². The molecule has 0 saturated carbocycles. The molecule has 3 aromatic rings. The van der Waals surface area contributed by atoms with E-state index in [2.05, 4.69) is 20.5 Å². The molecule has 33 heavy (non-hydrogen) atoms. The third-order valence-electron chi connectivity index (χ3n) is 5.52. The van der Waals surface area contributed by atoms with E-state index in [4.69, 9.17) is 14.0 Å². The van der Waals surface area contributed by atoms with Crippen LogP contribution < -0.4 is 14.4 Å². The van der Waals surface area contributed by atoms with Crippen LogP contribution in [0.15, 0.2) is 57.3 Å². The van der Waals surface area contributed by atoms with Crippen molar-refractivity contribution in [3.63, 3.8) is 0 Å². The molecule has 3 heterocycles. The number of methoxy groups -OCH3 is 2. The van der Waals surface area contributed by atoms with Crippen LogP contribution in [0.1, 0.15) is 11.5 Å². The van der Waals surface area contributed by atoms with Crippen LogP contribution in [-0.2, 0) is 16.1 Å². The van der Waals surface area contributed by atoms with Gasteiger partial charge in [-0.3, -0.25) is 14.6 Å². The van der Waals surface area contributed by atoms with E-state index in [1.807, 2.05) is 31.2 Å². The van der Waals surface area contributed by atoms with Crippen LogP contribution in [0.2, 0.25) is 0 Å². The van der Waals surface area contributed by atoms with Gasteiger partial charge in [-0.25, -0.2) is 4.90 Å². The van der Waals surface area contributed by atoms with Gasteiger partial charge in [0.05, 0.1) is 19.9 Å². The summed E-state index contributed by atoms with van der Waals surface area (Å²) in [6, 6.07) is 10.7. The second-order valence-electron chi connectivity index (χ2n) is 7.62. The van der Waals surface area contributed by atoms with Gasteiger partial charge in [0.25, 0.3) is 11.8 Å². The number of carbonyl (C=O) groups is 2. The van der Waals surface area contributed by atoms with Crippen LogP contribution in [0.3, 0.4) is 0 Å². The third kappa shape index (κ3) is 3.47. The molecule has 1 aromatic heterocycles. The molecular weight excluding hydrogens is 428 g/mol. The maximum atomic E-state index is 13.2. The number of benzene rings is 2. The monoisotopic (exact) mass is 448 g/mol. The summed E-state index contributed by atoms with van der Waals surface area (Å²) in [5.41, 5.74) is 2.25.